The number of aliphatic hydroxyl groups excluding tert-OH is 1. The molecular formula is C29H23F5N4O5S. The molecule has 1 N–H and O–H groups in total. The molecule has 0 saturated carbocycles. The first-order valence-corrected chi connectivity index (χ1v) is 14.6. The number of nitrogens with zero attached hydrogens (tertiary/aromatic N) is 4. The molecule has 0 amide bonds. The van der Waals surface area contributed by atoms with E-state index in [9.17, 15) is 31.1 Å². The van der Waals surface area contributed by atoms with Crippen molar-refractivity contribution in [1.82, 2.24) is 19.5 Å². The molecule has 0 aliphatic heterocycles. The van der Waals surface area contributed by atoms with Crippen molar-refractivity contribution in [1.29, 1.82) is 0 Å². The summed E-state index contributed by atoms with van der Waals surface area (Å²) in [7, 11) is -2.74. The van der Waals surface area contributed by atoms with E-state index < -0.39 is 50.4 Å². The quantitative estimate of drug-likeness (QED) is 0.214. The number of pyridine rings is 1. The number of hydrogen-bond donors (Lipinski definition) is 1. The lowest BCUT2D eigenvalue weighted by Gasteiger charge is -2.15. The van der Waals surface area contributed by atoms with Crippen LogP contribution in [-0.2, 0) is 22.6 Å². The van der Waals surface area contributed by atoms with Crippen LogP contribution in [0.3, 0.4) is 0 Å². The number of aryl methyl sites for hydroxylation is 2. The molecule has 44 heavy (non-hydrogen) atoms. The van der Waals surface area contributed by atoms with Gasteiger partial charge >= 0.3 is 6.18 Å². The minimum Gasteiger partial charge on any atom is -0.479 e. The van der Waals surface area contributed by atoms with E-state index in [1.54, 1.807) is 0 Å². The molecule has 9 nitrogen and oxygen atoms in total. The Hall–Kier alpha value is -4.63. The number of halogens is 5. The monoisotopic (exact) mass is 634 g/mol. The maximum Gasteiger partial charge on any atom is 0.434 e. The van der Waals surface area contributed by atoms with Crippen molar-refractivity contribution in [3.63, 3.8) is 0 Å². The number of aromatic nitrogens is 4. The molecule has 0 spiro atoms. The van der Waals surface area contributed by atoms with E-state index in [-0.39, 0.29) is 57.0 Å². The summed E-state index contributed by atoms with van der Waals surface area (Å²) in [6.45, 7) is 2.01. The molecule has 0 atom stereocenters. The molecule has 15 heteroatoms. The van der Waals surface area contributed by atoms with Gasteiger partial charge in [0, 0.05) is 42.3 Å². The van der Waals surface area contributed by atoms with E-state index in [0.29, 0.717) is 0 Å². The summed E-state index contributed by atoms with van der Waals surface area (Å²) in [5.74, 6) is -1.96. The Labute approximate surface area is 247 Å². The summed E-state index contributed by atoms with van der Waals surface area (Å²) in [6.07, 6.45) is -1.81. The Kier molecular flexibility index (Phi) is 7.80. The van der Waals surface area contributed by atoms with Crippen LogP contribution in [0.5, 0.6) is 5.88 Å². The van der Waals surface area contributed by atoms with Crippen molar-refractivity contribution < 1.29 is 44.6 Å². The van der Waals surface area contributed by atoms with Gasteiger partial charge in [0.05, 0.1) is 24.3 Å². The molecular weight excluding hydrogens is 611 g/mol. The standard InChI is InChI=1S/C29H23F5N4O5S/c1-14-36-25(29(32,33)34)12-38(14)23-6-5-16(17-8-21(30)20(13-39)24(10-17)44(4,40)41)7-19(23)26-27(43-15(2)37-26)18-9-22(31)28(42-3)35-11-18/h5-12,39H,13H2,1-4H3. The summed E-state index contributed by atoms with van der Waals surface area (Å²) in [5, 5.41) is 9.61. The largest absolute Gasteiger partial charge is 0.479 e. The Morgan fingerprint density at radius 1 is 1.00 bits per heavy atom. The van der Waals surface area contributed by atoms with Crippen LogP contribution in [0.25, 0.3) is 39.4 Å². The first kappa shape index (κ1) is 30.8. The minimum absolute atomic E-state index is 0.0161. The number of alkyl halides is 3. The van der Waals surface area contributed by atoms with Gasteiger partial charge in [0.25, 0.3) is 0 Å². The predicted octanol–water partition coefficient (Wildman–Crippen LogP) is 6.07. The van der Waals surface area contributed by atoms with Gasteiger partial charge in [-0.1, -0.05) is 6.07 Å². The van der Waals surface area contributed by atoms with E-state index >= 15 is 4.39 Å². The summed E-state index contributed by atoms with van der Waals surface area (Å²) in [4.78, 5) is 11.6. The van der Waals surface area contributed by atoms with Crippen LogP contribution in [0, 0.1) is 25.5 Å². The lowest BCUT2D eigenvalue weighted by molar-refractivity contribution is -0.141. The highest BCUT2D eigenvalue weighted by atomic mass is 32.2. The van der Waals surface area contributed by atoms with Crippen LogP contribution in [0.15, 0.2) is 58.1 Å². The predicted molar refractivity (Wildman–Crippen MR) is 148 cm³/mol. The summed E-state index contributed by atoms with van der Waals surface area (Å²) < 4.78 is 107. The number of imidazole rings is 1. The second-order valence-corrected chi connectivity index (χ2v) is 11.7. The molecule has 0 unspecified atom stereocenters. The molecule has 230 valence electrons. The van der Waals surface area contributed by atoms with Gasteiger partial charge in [-0.2, -0.15) is 13.2 Å². The van der Waals surface area contributed by atoms with Crippen molar-refractivity contribution >= 4 is 9.84 Å². The molecule has 3 aromatic heterocycles. The highest BCUT2D eigenvalue weighted by Crippen LogP contribution is 2.40. The molecule has 5 aromatic rings. The van der Waals surface area contributed by atoms with Crippen molar-refractivity contribution in [2.45, 2.75) is 31.5 Å². The topological polar surface area (TPSA) is 120 Å². The van der Waals surface area contributed by atoms with Crippen LogP contribution in [0.4, 0.5) is 22.0 Å². The molecule has 0 aliphatic rings. The molecule has 2 aromatic carbocycles. The number of hydrogen-bond acceptors (Lipinski definition) is 8. The average molecular weight is 635 g/mol. The molecule has 0 bridgehead atoms. The third-order valence-electron chi connectivity index (χ3n) is 6.73. The highest BCUT2D eigenvalue weighted by Gasteiger charge is 2.35. The Bertz CT molecular complexity index is 2020. The number of rotatable bonds is 7. The number of methoxy groups -OCH3 is 1. The van der Waals surface area contributed by atoms with Crippen LogP contribution in [0.1, 0.15) is 23.0 Å². The van der Waals surface area contributed by atoms with Gasteiger partial charge in [0.15, 0.2) is 33.0 Å². The average Bonchev–Trinajstić information content (AvgIpc) is 3.54. The first-order chi connectivity index (χ1) is 20.6. The van der Waals surface area contributed by atoms with Crippen LogP contribution in [0.2, 0.25) is 0 Å². The maximum absolute atomic E-state index is 15.0. The van der Waals surface area contributed by atoms with E-state index in [1.165, 1.54) is 56.0 Å². The number of benzene rings is 2. The van der Waals surface area contributed by atoms with Gasteiger partial charge in [-0.3, -0.25) is 0 Å². The molecule has 0 aliphatic carbocycles. The molecule has 5 rings (SSSR count). The summed E-state index contributed by atoms with van der Waals surface area (Å²) in [5.41, 5.74) is -0.710. The van der Waals surface area contributed by atoms with E-state index in [0.717, 1.165) is 24.6 Å². The normalized spacial score (nSPS) is 12.1. The zero-order valence-electron chi connectivity index (χ0n) is 23.5. The number of sulfone groups is 1. The third-order valence-corrected chi connectivity index (χ3v) is 7.89. The highest BCUT2D eigenvalue weighted by molar-refractivity contribution is 7.90. The minimum atomic E-state index is -4.74. The van der Waals surface area contributed by atoms with E-state index in [4.69, 9.17) is 9.15 Å². The van der Waals surface area contributed by atoms with Crippen LogP contribution in [-0.4, -0.2) is 46.4 Å². The second kappa shape index (κ2) is 11.1. The Morgan fingerprint density at radius 2 is 1.70 bits per heavy atom. The van der Waals surface area contributed by atoms with Crippen molar-refractivity contribution in [3.05, 3.63) is 83.4 Å². The fourth-order valence-electron chi connectivity index (χ4n) is 4.74. The van der Waals surface area contributed by atoms with Crippen molar-refractivity contribution in [2.24, 2.45) is 0 Å². The molecule has 0 fully saturated rings. The SMILES string of the molecule is COc1ncc(-c2oc(C)nc2-c2cc(-c3cc(F)c(CO)c(S(C)(=O)=O)c3)ccc2-n2cc(C(F)(F)F)nc2C)cc1F. The fraction of sp³-hybridized carbons (Fsp3) is 0.207. The third kappa shape index (κ3) is 5.67. The lowest BCUT2D eigenvalue weighted by atomic mass is 9.97. The van der Waals surface area contributed by atoms with Crippen LogP contribution >= 0.6 is 0 Å². The Balaban J connectivity index is 1.81. The van der Waals surface area contributed by atoms with E-state index in [2.05, 4.69) is 15.0 Å². The maximum atomic E-state index is 15.0. The van der Waals surface area contributed by atoms with Gasteiger partial charge in [-0.25, -0.2) is 32.2 Å². The van der Waals surface area contributed by atoms with Crippen molar-refractivity contribution in [3.8, 4) is 45.3 Å². The second-order valence-electron chi connectivity index (χ2n) is 9.76. The van der Waals surface area contributed by atoms with Gasteiger partial charge in [-0.15, -0.1) is 0 Å². The number of oxazole rings is 1. The fourth-order valence-corrected chi connectivity index (χ4v) is 5.69. The lowest BCUT2D eigenvalue weighted by Crippen LogP contribution is -2.06. The van der Waals surface area contributed by atoms with Crippen LogP contribution < -0.4 is 4.74 Å². The Morgan fingerprint density at radius 3 is 2.30 bits per heavy atom. The first-order valence-electron chi connectivity index (χ1n) is 12.7. The molecule has 0 saturated heterocycles. The molecule has 3 heterocycles. The molecule has 0 radical (unpaired) electrons. The van der Waals surface area contributed by atoms with Crippen molar-refractivity contribution in [2.75, 3.05) is 13.4 Å². The van der Waals surface area contributed by atoms with E-state index in [1.807, 2.05) is 0 Å². The summed E-state index contributed by atoms with van der Waals surface area (Å²) >= 11 is 0. The zero-order chi connectivity index (χ0) is 32.1. The van der Waals surface area contributed by atoms with Gasteiger partial charge < -0.3 is 18.8 Å². The zero-order valence-corrected chi connectivity index (χ0v) is 24.3. The summed E-state index contributed by atoms with van der Waals surface area (Å²) in [6, 6.07) is 7.63. The van der Waals surface area contributed by atoms with Gasteiger partial charge in [0.2, 0.25) is 5.88 Å². The number of ether oxygens (including phenoxy) is 1. The number of aliphatic hydroxyl groups is 1. The smallest absolute Gasteiger partial charge is 0.434 e. The van der Waals surface area contributed by atoms with Gasteiger partial charge in [-0.05, 0) is 48.4 Å². The van der Waals surface area contributed by atoms with Gasteiger partial charge in [0.1, 0.15) is 17.3 Å².